The summed E-state index contributed by atoms with van der Waals surface area (Å²) in [6.07, 6.45) is 8.32. The molecule has 3 nitrogen and oxygen atoms in total. The fourth-order valence-corrected chi connectivity index (χ4v) is 2.31. The van der Waals surface area contributed by atoms with Gasteiger partial charge in [0.2, 0.25) is 5.88 Å². The van der Waals surface area contributed by atoms with Crippen LogP contribution in [-0.2, 0) is 0 Å². The number of nitrogens with zero attached hydrogens (tertiary/aromatic N) is 1. The lowest BCUT2D eigenvalue weighted by Gasteiger charge is -2.16. The van der Waals surface area contributed by atoms with Gasteiger partial charge in [0.1, 0.15) is 0 Å². The molecule has 0 bridgehead atoms. The van der Waals surface area contributed by atoms with E-state index in [1.165, 1.54) is 31.2 Å². The van der Waals surface area contributed by atoms with Crippen LogP contribution in [0.3, 0.4) is 0 Å². The first kappa shape index (κ1) is 17.0. The number of unbranched alkanes of at least 4 members (excludes halogenated alkanes) is 3. The Labute approximate surface area is 124 Å². The highest BCUT2D eigenvalue weighted by atomic mass is 16.5. The number of hydrogen-bond donors (Lipinski definition) is 1. The van der Waals surface area contributed by atoms with E-state index in [-0.39, 0.29) is 6.10 Å². The molecule has 0 aliphatic rings. The van der Waals surface area contributed by atoms with Gasteiger partial charge in [-0.2, -0.15) is 0 Å². The number of aromatic nitrogens is 1. The van der Waals surface area contributed by atoms with Crippen molar-refractivity contribution in [3.63, 3.8) is 0 Å². The van der Waals surface area contributed by atoms with Crippen molar-refractivity contribution in [3.05, 3.63) is 23.9 Å². The molecule has 2 unspecified atom stereocenters. The Morgan fingerprint density at radius 3 is 2.70 bits per heavy atom. The number of ether oxygens (including phenoxy) is 1. The fourth-order valence-electron chi connectivity index (χ4n) is 2.31. The van der Waals surface area contributed by atoms with Gasteiger partial charge in [-0.1, -0.05) is 33.1 Å². The van der Waals surface area contributed by atoms with Crippen molar-refractivity contribution in [2.75, 3.05) is 6.54 Å². The van der Waals surface area contributed by atoms with Crippen LogP contribution in [0.25, 0.3) is 0 Å². The van der Waals surface area contributed by atoms with Crippen molar-refractivity contribution in [2.45, 2.75) is 71.9 Å². The molecule has 20 heavy (non-hydrogen) atoms. The molecule has 1 N–H and O–H groups in total. The fraction of sp³-hybridized carbons (Fsp3) is 0.706. The summed E-state index contributed by atoms with van der Waals surface area (Å²) in [4.78, 5) is 4.32. The van der Waals surface area contributed by atoms with Gasteiger partial charge in [0.25, 0.3) is 0 Å². The largest absolute Gasteiger partial charge is 0.475 e. The van der Waals surface area contributed by atoms with Crippen molar-refractivity contribution in [3.8, 4) is 5.88 Å². The molecule has 0 aliphatic heterocycles. The third kappa shape index (κ3) is 6.38. The lowest BCUT2D eigenvalue weighted by atomic mass is 10.1. The molecule has 0 radical (unpaired) electrons. The molecule has 0 fully saturated rings. The van der Waals surface area contributed by atoms with Crippen molar-refractivity contribution in [1.29, 1.82) is 0 Å². The minimum absolute atomic E-state index is 0.240. The Hall–Kier alpha value is -1.09. The van der Waals surface area contributed by atoms with E-state index in [4.69, 9.17) is 4.74 Å². The summed E-state index contributed by atoms with van der Waals surface area (Å²) in [6, 6.07) is 4.44. The van der Waals surface area contributed by atoms with Gasteiger partial charge in [-0.05, 0) is 44.9 Å². The number of nitrogens with one attached hydrogen (secondary N) is 1. The standard InChI is InChI=1S/C17H30N2O/c1-5-7-8-9-10-14(3)20-17-13-16(11-12-19-17)15(4)18-6-2/h11-15,18H,5-10H2,1-4H3. The van der Waals surface area contributed by atoms with E-state index in [9.17, 15) is 0 Å². The van der Waals surface area contributed by atoms with Gasteiger partial charge in [-0.25, -0.2) is 4.98 Å². The lowest BCUT2D eigenvalue weighted by Crippen LogP contribution is -2.18. The summed E-state index contributed by atoms with van der Waals surface area (Å²) >= 11 is 0. The highest BCUT2D eigenvalue weighted by Crippen LogP contribution is 2.18. The van der Waals surface area contributed by atoms with Crippen LogP contribution in [0.5, 0.6) is 5.88 Å². The Kier molecular flexibility index (Phi) is 8.28. The third-order valence-corrected chi connectivity index (χ3v) is 3.56. The second-order valence-electron chi connectivity index (χ2n) is 5.48. The van der Waals surface area contributed by atoms with Crippen LogP contribution in [0.2, 0.25) is 0 Å². The number of pyridine rings is 1. The van der Waals surface area contributed by atoms with E-state index >= 15 is 0 Å². The van der Waals surface area contributed by atoms with Crippen molar-refractivity contribution >= 4 is 0 Å². The molecule has 0 saturated carbocycles. The van der Waals surface area contributed by atoms with E-state index in [0.717, 1.165) is 18.8 Å². The molecule has 0 saturated heterocycles. The lowest BCUT2D eigenvalue weighted by molar-refractivity contribution is 0.198. The van der Waals surface area contributed by atoms with Gasteiger partial charge in [0.05, 0.1) is 6.10 Å². The summed E-state index contributed by atoms with van der Waals surface area (Å²) in [5.41, 5.74) is 1.23. The number of hydrogen-bond acceptors (Lipinski definition) is 3. The molecule has 1 rings (SSSR count). The second-order valence-corrected chi connectivity index (χ2v) is 5.48. The molecule has 0 aliphatic carbocycles. The van der Waals surface area contributed by atoms with Gasteiger partial charge >= 0.3 is 0 Å². The Morgan fingerprint density at radius 1 is 1.20 bits per heavy atom. The second kappa shape index (κ2) is 9.76. The first-order valence-electron chi connectivity index (χ1n) is 8.03. The quantitative estimate of drug-likeness (QED) is 0.640. The van der Waals surface area contributed by atoms with E-state index in [0.29, 0.717) is 6.04 Å². The Morgan fingerprint density at radius 2 is 2.00 bits per heavy atom. The zero-order valence-corrected chi connectivity index (χ0v) is 13.5. The maximum Gasteiger partial charge on any atom is 0.213 e. The monoisotopic (exact) mass is 278 g/mol. The van der Waals surface area contributed by atoms with E-state index in [1.54, 1.807) is 0 Å². The summed E-state index contributed by atoms with van der Waals surface area (Å²) in [6.45, 7) is 9.62. The maximum absolute atomic E-state index is 5.92. The van der Waals surface area contributed by atoms with Gasteiger partial charge in [0, 0.05) is 18.3 Å². The van der Waals surface area contributed by atoms with Crippen molar-refractivity contribution in [1.82, 2.24) is 10.3 Å². The zero-order chi connectivity index (χ0) is 14.8. The summed E-state index contributed by atoms with van der Waals surface area (Å²) in [5.74, 6) is 0.746. The molecule has 1 aromatic heterocycles. The molecule has 1 aromatic rings. The average molecular weight is 278 g/mol. The van der Waals surface area contributed by atoms with Crippen LogP contribution in [0.4, 0.5) is 0 Å². The highest BCUT2D eigenvalue weighted by molar-refractivity contribution is 5.23. The van der Waals surface area contributed by atoms with Gasteiger partial charge < -0.3 is 10.1 Å². The molecule has 114 valence electrons. The predicted molar refractivity (Wildman–Crippen MR) is 85.2 cm³/mol. The van der Waals surface area contributed by atoms with E-state index in [2.05, 4.69) is 44.1 Å². The minimum Gasteiger partial charge on any atom is -0.475 e. The van der Waals surface area contributed by atoms with E-state index in [1.807, 2.05) is 12.3 Å². The maximum atomic E-state index is 5.92. The molecule has 0 amide bonds. The zero-order valence-electron chi connectivity index (χ0n) is 13.5. The van der Waals surface area contributed by atoms with Gasteiger partial charge in [-0.15, -0.1) is 0 Å². The highest BCUT2D eigenvalue weighted by Gasteiger charge is 2.08. The molecule has 0 spiro atoms. The summed E-state index contributed by atoms with van der Waals surface area (Å²) in [5, 5.41) is 3.41. The molecular formula is C17H30N2O. The Balaban J connectivity index is 2.44. The van der Waals surface area contributed by atoms with Crippen LogP contribution < -0.4 is 10.1 Å². The minimum atomic E-state index is 0.240. The molecule has 2 atom stereocenters. The molecular weight excluding hydrogens is 248 g/mol. The van der Waals surface area contributed by atoms with Gasteiger partial charge in [0.15, 0.2) is 0 Å². The SMILES string of the molecule is CCCCCCC(C)Oc1cc(C(C)NCC)ccn1. The Bertz CT molecular complexity index is 368. The average Bonchev–Trinajstić information content (AvgIpc) is 2.44. The van der Waals surface area contributed by atoms with Crippen molar-refractivity contribution < 1.29 is 4.74 Å². The molecule has 1 heterocycles. The van der Waals surface area contributed by atoms with Gasteiger partial charge in [-0.3, -0.25) is 0 Å². The van der Waals surface area contributed by atoms with Crippen LogP contribution >= 0.6 is 0 Å². The topological polar surface area (TPSA) is 34.1 Å². The molecule has 3 heteroatoms. The van der Waals surface area contributed by atoms with Crippen LogP contribution in [0.1, 0.15) is 71.4 Å². The first-order chi connectivity index (χ1) is 9.67. The molecule has 0 aromatic carbocycles. The summed E-state index contributed by atoms with van der Waals surface area (Å²) in [7, 11) is 0. The van der Waals surface area contributed by atoms with Crippen LogP contribution in [0, 0.1) is 0 Å². The summed E-state index contributed by atoms with van der Waals surface area (Å²) < 4.78 is 5.92. The normalized spacial score (nSPS) is 14.0. The third-order valence-electron chi connectivity index (χ3n) is 3.56. The van der Waals surface area contributed by atoms with E-state index < -0.39 is 0 Å². The smallest absolute Gasteiger partial charge is 0.213 e. The van der Waals surface area contributed by atoms with Crippen molar-refractivity contribution in [2.24, 2.45) is 0 Å². The van der Waals surface area contributed by atoms with Crippen LogP contribution in [0.15, 0.2) is 18.3 Å². The predicted octanol–water partition coefficient (Wildman–Crippen LogP) is 4.49. The van der Waals surface area contributed by atoms with Crippen LogP contribution in [-0.4, -0.2) is 17.6 Å². The first-order valence-corrected chi connectivity index (χ1v) is 8.03. The number of rotatable bonds is 10.